The molecule has 6 heteroatoms. The second-order valence-electron chi connectivity index (χ2n) is 4.85. The first-order valence-corrected chi connectivity index (χ1v) is 8.51. The van der Waals surface area contributed by atoms with Gasteiger partial charge < -0.3 is 5.73 Å². The van der Waals surface area contributed by atoms with Gasteiger partial charge in [-0.1, -0.05) is 22.9 Å². The smallest absolute Gasteiger partial charge is 0.123 e. The molecular weight excluding hydrogens is 401 g/mol. The van der Waals surface area contributed by atoms with Gasteiger partial charge in [0.1, 0.15) is 5.82 Å². The minimum atomic E-state index is -0.293. The van der Waals surface area contributed by atoms with Crippen LogP contribution in [0.25, 0.3) is 0 Å². The van der Waals surface area contributed by atoms with E-state index in [1.807, 2.05) is 11.6 Å². The molecular formula is C15H18Br2FN3. The minimum absolute atomic E-state index is 0.277. The predicted molar refractivity (Wildman–Crippen MR) is 89.7 cm³/mol. The Morgan fingerprint density at radius 1 is 1.33 bits per heavy atom. The molecule has 0 spiro atoms. The number of aryl methyl sites for hydroxylation is 2. The maximum Gasteiger partial charge on any atom is 0.123 e. The first kappa shape index (κ1) is 16.6. The third kappa shape index (κ3) is 3.55. The van der Waals surface area contributed by atoms with Gasteiger partial charge in [0, 0.05) is 23.5 Å². The fourth-order valence-electron chi connectivity index (χ4n) is 2.33. The van der Waals surface area contributed by atoms with E-state index in [0.717, 1.165) is 38.9 Å². The Hall–Kier alpha value is -0.720. The summed E-state index contributed by atoms with van der Waals surface area (Å²) < 4.78 is 17.2. The molecule has 3 nitrogen and oxygen atoms in total. The van der Waals surface area contributed by atoms with E-state index >= 15 is 0 Å². The van der Waals surface area contributed by atoms with Crippen LogP contribution >= 0.6 is 31.9 Å². The Labute approximate surface area is 141 Å². The van der Waals surface area contributed by atoms with Crippen molar-refractivity contribution in [2.24, 2.45) is 5.73 Å². The van der Waals surface area contributed by atoms with Crippen molar-refractivity contribution < 1.29 is 4.39 Å². The molecule has 0 saturated carbocycles. The number of rotatable bonds is 5. The molecule has 1 aromatic heterocycles. The number of hydrogen-bond donors (Lipinski definition) is 1. The molecule has 2 N–H and O–H groups in total. The van der Waals surface area contributed by atoms with Gasteiger partial charge in [0.05, 0.1) is 15.9 Å². The highest BCUT2D eigenvalue weighted by Crippen LogP contribution is 2.29. The average molecular weight is 419 g/mol. The lowest BCUT2D eigenvalue weighted by Gasteiger charge is -2.15. The topological polar surface area (TPSA) is 43.8 Å². The Morgan fingerprint density at radius 2 is 2.05 bits per heavy atom. The summed E-state index contributed by atoms with van der Waals surface area (Å²) >= 11 is 7.05. The van der Waals surface area contributed by atoms with Crippen LogP contribution in [-0.2, 0) is 19.4 Å². The molecule has 0 bridgehead atoms. The largest absolute Gasteiger partial charge is 0.324 e. The Balaban J connectivity index is 2.33. The van der Waals surface area contributed by atoms with Gasteiger partial charge in [-0.15, -0.1) is 0 Å². The monoisotopic (exact) mass is 417 g/mol. The van der Waals surface area contributed by atoms with Gasteiger partial charge in [0.25, 0.3) is 0 Å². The second-order valence-corrected chi connectivity index (χ2v) is 6.50. The van der Waals surface area contributed by atoms with Crippen LogP contribution in [0.3, 0.4) is 0 Å². The van der Waals surface area contributed by atoms with E-state index in [1.165, 1.54) is 12.1 Å². The van der Waals surface area contributed by atoms with E-state index < -0.39 is 0 Å². The molecule has 0 aliphatic rings. The van der Waals surface area contributed by atoms with Crippen molar-refractivity contribution in [3.8, 4) is 0 Å². The fraction of sp³-hybridized carbons (Fsp3) is 0.400. The highest BCUT2D eigenvalue weighted by molar-refractivity contribution is 9.10. The Bertz CT molecular complexity index is 640. The van der Waals surface area contributed by atoms with Gasteiger partial charge in [-0.05, 0) is 53.0 Å². The van der Waals surface area contributed by atoms with Crippen LogP contribution in [0.4, 0.5) is 4.39 Å². The van der Waals surface area contributed by atoms with Crippen LogP contribution in [0.2, 0.25) is 0 Å². The van der Waals surface area contributed by atoms with Crippen molar-refractivity contribution in [2.75, 3.05) is 0 Å². The zero-order valence-electron chi connectivity index (χ0n) is 12.0. The van der Waals surface area contributed by atoms with E-state index in [4.69, 9.17) is 5.73 Å². The van der Waals surface area contributed by atoms with E-state index in [0.29, 0.717) is 6.42 Å². The SMILES string of the molecule is CCc1nn(CC)c(CC(N)c2cc(F)ccc2Br)c1Br. The van der Waals surface area contributed by atoms with Gasteiger partial charge in [-0.2, -0.15) is 5.10 Å². The Morgan fingerprint density at radius 3 is 2.67 bits per heavy atom. The standard InChI is InChI=1S/C15H18Br2FN3/c1-3-13-15(17)14(21(4-2)20-13)8-12(19)10-7-9(18)5-6-11(10)16/h5-7,12H,3-4,8,19H2,1-2H3. The zero-order chi connectivity index (χ0) is 15.6. The van der Waals surface area contributed by atoms with Crippen molar-refractivity contribution in [2.45, 2.75) is 39.3 Å². The lowest BCUT2D eigenvalue weighted by atomic mass is 10.0. The summed E-state index contributed by atoms with van der Waals surface area (Å²) in [7, 11) is 0. The molecule has 1 atom stereocenters. The number of nitrogens with zero attached hydrogens (tertiary/aromatic N) is 2. The van der Waals surface area contributed by atoms with Crippen molar-refractivity contribution in [1.82, 2.24) is 9.78 Å². The third-order valence-electron chi connectivity index (χ3n) is 3.46. The summed E-state index contributed by atoms with van der Waals surface area (Å²) in [6.07, 6.45) is 1.46. The Kier molecular flexibility index (Phi) is 5.57. The van der Waals surface area contributed by atoms with Crippen LogP contribution in [-0.4, -0.2) is 9.78 Å². The van der Waals surface area contributed by atoms with E-state index in [9.17, 15) is 4.39 Å². The third-order valence-corrected chi connectivity index (χ3v) is 5.10. The predicted octanol–water partition coefficient (Wildman–Crippen LogP) is 4.37. The molecule has 1 heterocycles. The van der Waals surface area contributed by atoms with Crippen molar-refractivity contribution in [3.05, 3.63) is 49.9 Å². The molecule has 0 aliphatic carbocycles. The molecule has 0 aliphatic heterocycles. The molecule has 0 fully saturated rings. The van der Waals surface area contributed by atoms with Crippen LogP contribution < -0.4 is 5.73 Å². The summed E-state index contributed by atoms with van der Waals surface area (Å²) in [6.45, 7) is 4.90. The van der Waals surface area contributed by atoms with E-state index in [1.54, 1.807) is 6.07 Å². The average Bonchev–Trinajstić information content (AvgIpc) is 2.77. The molecule has 2 rings (SSSR count). The first-order chi connectivity index (χ1) is 9.97. The van der Waals surface area contributed by atoms with Gasteiger partial charge in [0.15, 0.2) is 0 Å². The van der Waals surface area contributed by atoms with Crippen LogP contribution in [0, 0.1) is 5.82 Å². The summed E-state index contributed by atoms with van der Waals surface area (Å²) in [6, 6.07) is 4.30. The summed E-state index contributed by atoms with van der Waals surface area (Å²) in [5, 5.41) is 4.56. The number of benzene rings is 1. The molecule has 114 valence electrons. The summed E-state index contributed by atoms with van der Waals surface area (Å²) in [5.41, 5.74) is 9.13. The number of nitrogens with two attached hydrogens (primary N) is 1. The quantitative estimate of drug-likeness (QED) is 0.783. The van der Waals surface area contributed by atoms with Crippen molar-refractivity contribution >= 4 is 31.9 Å². The maximum absolute atomic E-state index is 13.4. The first-order valence-electron chi connectivity index (χ1n) is 6.92. The number of aromatic nitrogens is 2. The van der Waals surface area contributed by atoms with Gasteiger partial charge in [0.2, 0.25) is 0 Å². The second kappa shape index (κ2) is 7.03. The normalized spacial score (nSPS) is 12.7. The maximum atomic E-state index is 13.4. The number of halogens is 3. The number of hydrogen-bond acceptors (Lipinski definition) is 2. The fourth-order valence-corrected chi connectivity index (χ4v) is 3.60. The van der Waals surface area contributed by atoms with Gasteiger partial charge in [-0.25, -0.2) is 4.39 Å². The molecule has 2 aromatic rings. The van der Waals surface area contributed by atoms with Crippen LogP contribution in [0.15, 0.2) is 27.1 Å². The summed E-state index contributed by atoms with van der Waals surface area (Å²) in [5.74, 6) is -0.277. The lowest BCUT2D eigenvalue weighted by Crippen LogP contribution is -2.17. The van der Waals surface area contributed by atoms with Crippen molar-refractivity contribution in [1.29, 1.82) is 0 Å². The molecule has 21 heavy (non-hydrogen) atoms. The molecule has 1 unspecified atom stereocenters. The van der Waals surface area contributed by atoms with Crippen molar-refractivity contribution in [3.63, 3.8) is 0 Å². The molecule has 0 saturated heterocycles. The lowest BCUT2D eigenvalue weighted by molar-refractivity contribution is 0.579. The highest BCUT2D eigenvalue weighted by Gasteiger charge is 2.19. The molecule has 0 amide bonds. The zero-order valence-corrected chi connectivity index (χ0v) is 15.2. The molecule has 1 aromatic carbocycles. The van der Waals surface area contributed by atoms with Crippen LogP contribution in [0.1, 0.15) is 36.8 Å². The van der Waals surface area contributed by atoms with E-state index in [2.05, 4.69) is 43.9 Å². The van der Waals surface area contributed by atoms with Gasteiger partial charge >= 0.3 is 0 Å². The van der Waals surface area contributed by atoms with E-state index in [-0.39, 0.29) is 11.9 Å². The van der Waals surface area contributed by atoms with Crippen LogP contribution in [0.5, 0.6) is 0 Å². The van der Waals surface area contributed by atoms with Gasteiger partial charge in [-0.3, -0.25) is 4.68 Å². The minimum Gasteiger partial charge on any atom is -0.324 e. The molecule has 0 radical (unpaired) electrons. The highest BCUT2D eigenvalue weighted by atomic mass is 79.9. The summed E-state index contributed by atoms with van der Waals surface area (Å²) in [4.78, 5) is 0.